The maximum atomic E-state index is 8.88. The standard InChI is InChI=1S/C16H24N2O/c1-13(2)19-10-5-4-9-18-14(3)16-8-6-7-15(11-16)12-17/h6-8,11,13-14,18H,4-5,9-10H2,1-3H3. The largest absolute Gasteiger partial charge is 0.379 e. The number of ether oxygens (including phenoxy) is 1. The Labute approximate surface area is 116 Å². The van der Waals surface area contributed by atoms with Gasteiger partial charge in [0, 0.05) is 12.6 Å². The van der Waals surface area contributed by atoms with Crippen molar-refractivity contribution in [2.45, 2.75) is 45.8 Å². The Kier molecular flexibility index (Phi) is 7.17. The first kappa shape index (κ1) is 15.7. The minimum Gasteiger partial charge on any atom is -0.379 e. The zero-order valence-electron chi connectivity index (χ0n) is 12.1. The van der Waals surface area contributed by atoms with Crippen LogP contribution in [0.1, 0.15) is 50.8 Å². The van der Waals surface area contributed by atoms with E-state index in [1.165, 1.54) is 0 Å². The molecule has 0 saturated carbocycles. The monoisotopic (exact) mass is 260 g/mol. The van der Waals surface area contributed by atoms with E-state index < -0.39 is 0 Å². The van der Waals surface area contributed by atoms with Gasteiger partial charge in [-0.1, -0.05) is 12.1 Å². The molecule has 1 unspecified atom stereocenters. The Morgan fingerprint density at radius 3 is 2.74 bits per heavy atom. The lowest BCUT2D eigenvalue weighted by Gasteiger charge is -2.14. The molecule has 1 N–H and O–H groups in total. The quantitative estimate of drug-likeness (QED) is 0.728. The molecule has 0 amide bonds. The third-order valence-corrected chi connectivity index (χ3v) is 2.99. The predicted molar refractivity (Wildman–Crippen MR) is 77.9 cm³/mol. The first-order chi connectivity index (χ1) is 9.13. The molecule has 0 aliphatic rings. The van der Waals surface area contributed by atoms with Crippen LogP contribution in [0.5, 0.6) is 0 Å². The summed E-state index contributed by atoms with van der Waals surface area (Å²) in [5.41, 5.74) is 1.88. The Balaban J connectivity index is 2.24. The average Bonchev–Trinajstić information content (AvgIpc) is 2.42. The van der Waals surface area contributed by atoms with Crippen LogP contribution in [0.2, 0.25) is 0 Å². The molecule has 0 aliphatic carbocycles. The second kappa shape index (κ2) is 8.68. The zero-order valence-corrected chi connectivity index (χ0v) is 12.1. The number of nitrogens with one attached hydrogen (secondary N) is 1. The van der Waals surface area contributed by atoms with Crippen LogP contribution in [0.15, 0.2) is 24.3 Å². The van der Waals surface area contributed by atoms with Gasteiger partial charge in [0.25, 0.3) is 0 Å². The SMILES string of the molecule is CC(C)OCCCCNC(C)c1cccc(C#N)c1. The van der Waals surface area contributed by atoms with Crippen molar-refractivity contribution < 1.29 is 4.74 Å². The van der Waals surface area contributed by atoms with Crippen molar-refractivity contribution in [1.82, 2.24) is 5.32 Å². The molecule has 3 nitrogen and oxygen atoms in total. The van der Waals surface area contributed by atoms with Gasteiger partial charge in [-0.2, -0.15) is 5.26 Å². The van der Waals surface area contributed by atoms with E-state index >= 15 is 0 Å². The summed E-state index contributed by atoms with van der Waals surface area (Å²) in [4.78, 5) is 0. The summed E-state index contributed by atoms with van der Waals surface area (Å²) in [7, 11) is 0. The first-order valence-corrected chi connectivity index (χ1v) is 6.98. The minimum absolute atomic E-state index is 0.277. The lowest BCUT2D eigenvalue weighted by atomic mass is 10.1. The van der Waals surface area contributed by atoms with Crippen molar-refractivity contribution >= 4 is 0 Å². The molecule has 19 heavy (non-hydrogen) atoms. The Hall–Kier alpha value is -1.37. The molecule has 0 fully saturated rings. The van der Waals surface area contributed by atoms with Gasteiger partial charge >= 0.3 is 0 Å². The topological polar surface area (TPSA) is 45.0 Å². The van der Waals surface area contributed by atoms with Gasteiger partial charge in [-0.3, -0.25) is 0 Å². The van der Waals surface area contributed by atoms with E-state index in [-0.39, 0.29) is 6.04 Å². The molecule has 1 aromatic carbocycles. The number of hydrogen-bond donors (Lipinski definition) is 1. The lowest BCUT2D eigenvalue weighted by molar-refractivity contribution is 0.0759. The molecule has 1 aromatic rings. The van der Waals surface area contributed by atoms with Crippen LogP contribution in [0.4, 0.5) is 0 Å². The molecule has 0 saturated heterocycles. The lowest BCUT2D eigenvalue weighted by Crippen LogP contribution is -2.20. The van der Waals surface area contributed by atoms with Crippen molar-refractivity contribution in [2.24, 2.45) is 0 Å². The highest BCUT2D eigenvalue weighted by molar-refractivity contribution is 5.33. The van der Waals surface area contributed by atoms with Crippen molar-refractivity contribution in [1.29, 1.82) is 5.26 Å². The van der Waals surface area contributed by atoms with Crippen molar-refractivity contribution in [3.63, 3.8) is 0 Å². The molecule has 0 bridgehead atoms. The van der Waals surface area contributed by atoms with E-state index in [9.17, 15) is 0 Å². The molecular formula is C16H24N2O. The molecule has 0 aromatic heterocycles. The van der Waals surface area contributed by atoms with Crippen molar-refractivity contribution in [3.8, 4) is 6.07 Å². The first-order valence-electron chi connectivity index (χ1n) is 6.98. The summed E-state index contributed by atoms with van der Waals surface area (Å²) >= 11 is 0. The molecule has 0 heterocycles. The van der Waals surface area contributed by atoms with Crippen LogP contribution in [0.3, 0.4) is 0 Å². The number of hydrogen-bond acceptors (Lipinski definition) is 3. The summed E-state index contributed by atoms with van der Waals surface area (Å²) in [6.07, 6.45) is 2.51. The highest BCUT2D eigenvalue weighted by Gasteiger charge is 2.04. The molecule has 3 heteroatoms. The predicted octanol–water partition coefficient (Wildman–Crippen LogP) is 3.41. The van der Waals surface area contributed by atoms with Gasteiger partial charge in [0.2, 0.25) is 0 Å². The van der Waals surface area contributed by atoms with E-state index in [0.717, 1.165) is 37.1 Å². The fraction of sp³-hybridized carbons (Fsp3) is 0.562. The molecule has 104 valence electrons. The fourth-order valence-corrected chi connectivity index (χ4v) is 1.86. The minimum atomic E-state index is 0.277. The zero-order chi connectivity index (χ0) is 14.1. The smallest absolute Gasteiger partial charge is 0.0991 e. The normalized spacial score (nSPS) is 12.4. The van der Waals surface area contributed by atoms with Crippen LogP contribution in [-0.2, 0) is 4.74 Å². The Morgan fingerprint density at radius 1 is 1.26 bits per heavy atom. The van der Waals surface area contributed by atoms with Gasteiger partial charge in [0.05, 0.1) is 17.7 Å². The maximum Gasteiger partial charge on any atom is 0.0991 e. The van der Waals surface area contributed by atoms with Crippen LogP contribution in [0, 0.1) is 11.3 Å². The van der Waals surface area contributed by atoms with E-state index in [1.54, 1.807) is 0 Å². The van der Waals surface area contributed by atoms with E-state index in [1.807, 2.05) is 18.2 Å². The van der Waals surface area contributed by atoms with E-state index in [2.05, 4.69) is 38.2 Å². The number of benzene rings is 1. The molecular weight excluding hydrogens is 236 g/mol. The third kappa shape index (κ3) is 6.37. The molecule has 1 atom stereocenters. The van der Waals surface area contributed by atoms with Crippen LogP contribution in [-0.4, -0.2) is 19.3 Å². The highest BCUT2D eigenvalue weighted by atomic mass is 16.5. The Bertz CT molecular complexity index is 409. The van der Waals surface area contributed by atoms with E-state index in [4.69, 9.17) is 10.00 Å². The molecule has 0 spiro atoms. The highest BCUT2D eigenvalue weighted by Crippen LogP contribution is 2.13. The fourth-order valence-electron chi connectivity index (χ4n) is 1.86. The second-order valence-electron chi connectivity index (χ2n) is 5.04. The summed E-state index contributed by atoms with van der Waals surface area (Å²) in [5, 5.41) is 12.4. The van der Waals surface area contributed by atoms with Crippen LogP contribution in [0.25, 0.3) is 0 Å². The summed E-state index contributed by atoms with van der Waals surface area (Å²) in [5.74, 6) is 0. The van der Waals surface area contributed by atoms with Crippen molar-refractivity contribution in [3.05, 3.63) is 35.4 Å². The summed E-state index contributed by atoms with van der Waals surface area (Å²) < 4.78 is 5.50. The Morgan fingerprint density at radius 2 is 2.05 bits per heavy atom. The number of nitrogens with zero attached hydrogens (tertiary/aromatic N) is 1. The van der Waals surface area contributed by atoms with E-state index in [0.29, 0.717) is 6.10 Å². The van der Waals surface area contributed by atoms with Gasteiger partial charge in [-0.05, 0) is 57.9 Å². The number of rotatable bonds is 8. The average molecular weight is 260 g/mol. The van der Waals surface area contributed by atoms with Crippen molar-refractivity contribution in [2.75, 3.05) is 13.2 Å². The van der Waals surface area contributed by atoms with Gasteiger partial charge < -0.3 is 10.1 Å². The van der Waals surface area contributed by atoms with Gasteiger partial charge in [-0.25, -0.2) is 0 Å². The van der Waals surface area contributed by atoms with Gasteiger partial charge in [0.15, 0.2) is 0 Å². The third-order valence-electron chi connectivity index (χ3n) is 2.99. The van der Waals surface area contributed by atoms with Crippen LogP contribution >= 0.6 is 0 Å². The van der Waals surface area contributed by atoms with Gasteiger partial charge in [0.1, 0.15) is 0 Å². The maximum absolute atomic E-state index is 8.88. The summed E-state index contributed by atoms with van der Waals surface area (Å²) in [6.45, 7) is 8.04. The summed E-state index contributed by atoms with van der Waals surface area (Å²) in [6, 6.07) is 10.2. The van der Waals surface area contributed by atoms with Crippen LogP contribution < -0.4 is 5.32 Å². The number of unbranched alkanes of at least 4 members (excludes halogenated alkanes) is 1. The molecule has 0 radical (unpaired) electrons. The molecule has 1 rings (SSSR count). The molecule has 0 aliphatic heterocycles. The van der Waals surface area contributed by atoms with Gasteiger partial charge in [-0.15, -0.1) is 0 Å². The second-order valence-corrected chi connectivity index (χ2v) is 5.04. The number of nitriles is 1.